The molecule has 0 spiro atoms. The van der Waals surface area contributed by atoms with E-state index in [2.05, 4.69) is 20.4 Å². The summed E-state index contributed by atoms with van der Waals surface area (Å²) in [5.41, 5.74) is 8.98. The van der Waals surface area contributed by atoms with Gasteiger partial charge in [-0.1, -0.05) is 20.4 Å². The summed E-state index contributed by atoms with van der Waals surface area (Å²) in [5, 5.41) is 9.87. The van der Waals surface area contributed by atoms with E-state index in [0.717, 1.165) is 16.9 Å². The number of anilines is 2. The first-order valence-corrected chi connectivity index (χ1v) is 4.91. The third kappa shape index (κ3) is 1.12. The lowest BCUT2D eigenvalue weighted by Gasteiger charge is -2.22. The second-order valence-corrected chi connectivity index (χ2v) is 4.57. The Morgan fingerprint density at radius 2 is 2.00 bits per heavy atom. The highest BCUT2D eigenvalue weighted by atomic mass is 16.3. The SMILES string of the molecule is C=C1N(C)c2c(O)cc(N)cc2C1(C)C. The Kier molecular flexibility index (Phi) is 1.77. The number of fused-ring (bicyclic) bond motifs is 1. The lowest BCUT2D eigenvalue weighted by Crippen LogP contribution is -2.21. The van der Waals surface area contributed by atoms with E-state index in [-0.39, 0.29) is 11.2 Å². The van der Waals surface area contributed by atoms with Crippen LogP contribution in [0.1, 0.15) is 19.4 Å². The van der Waals surface area contributed by atoms with Crippen LogP contribution in [0.25, 0.3) is 0 Å². The van der Waals surface area contributed by atoms with Gasteiger partial charge in [-0.15, -0.1) is 0 Å². The molecule has 0 radical (unpaired) electrons. The summed E-state index contributed by atoms with van der Waals surface area (Å²) in [6, 6.07) is 3.48. The van der Waals surface area contributed by atoms with Crippen molar-refractivity contribution in [2.24, 2.45) is 0 Å². The quantitative estimate of drug-likeness (QED) is 0.637. The van der Waals surface area contributed by atoms with E-state index < -0.39 is 0 Å². The highest BCUT2D eigenvalue weighted by Crippen LogP contribution is 2.50. The fourth-order valence-electron chi connectivity index (χ4n) is 2.18. The van der Waals surface area contributed by atoms with Crippen molar-refractivity contribution in [1.82, 2.24) is 0 Å². The lowest BCUT2D eigenvalue weighted by molar-refractivity contribution is 0.476. The predicted molar refractivity (Wildman–Crippen MR) is 63.1 cm³/mol. The summed E-state index contributed by atoms with van der Waals surface area (Å²) >= 11 is 0. The maximum absolute atomic E-state index is 9.87. The molecular formula is C12H16N2O. The van der Waals surface area contributed by atoms with Crippen molar-refractivity contribution in [2.75, 3.05) is 17.7 Å². The number of hydrogen-bond donors (Lipinski definition) is 2. The fourth-order valence-corrected chi connectivity index (χ4v) is 2.18. The van der Waals surface area contributed by atoms with Crippen molar-refractivity contribution in [3.63, 3.8) is 0 Å². The number of aromatic hydroxyl groups is 1. The molecule has 15 heavy (non-hydrogen) atoms. The Morgan fingerprint density at radius 1 is 1.40 bits per heavy atom. The molecule has 2 rings (SSSR count). The van der Waals surface area contributed by atoms with Crippen LogP contribution in [-0.2, 0) is 5.41 Å². The minimum absolute atomic E-state index is 0.170. The van der Waals surface area contributed by atoms with Crippen molar-refractivity contribution in [1.29, 1.82) is 0 Å². The minimum atomic E-state index is -0.170. The van der Waals surface area contributed by atoms with Crippen LogP contribution < -0.4 is 10.6 Å². The van der Waals surface area contributed by atoms with Crippen molar-refractivity contribution in [2.45, 2.75) is 19.3 Å². The average Bonchev–Trinajstić information content (AvgIpc) is 2.28. The second-order valence-electron chi connectivity index (χ2n) is 4.57. The summed E-state index contributed by atoms with van der Waals surface area (Å²) in [6.45, 7) is 8.21. The highest BCUT2D eigenvalue weighted by molar-refractivity contribution is 5.78. The summed E-state index contributed by atoms with van der Waals surface area (Å²) < 4.78 is 0. The van der Waals surface area contributed by atoms with Crippen LogP contribution in [0, 0.1) is 0 Å². The summed E-state index contributed by atoms with van der Waals surface area (Å²) in [7, 11) is 1.91. The zero-order valence-electron chi connectivity index (χ0n) is 9.33. The number of hydrogen-bond acceptors (Lipinski definition) is 3. The van der Waals surface area contributed by atoms with Gasteiger partial charge in [0.1, 0.15) is 5.75 Å². The zero-order valence-corrected chi connectivity index (χ0v) is 9.33. The van der Waals surface area contributed by atoms with E-state index in [1.807, 2.05) is 18.0 Å². The van der Waals surface area contributed by atoms with Gasteiger partial charge in [0.2, 0.25) is 0 Å². The normalized spacial score (nSPS) is 18.1. The lowest BCUT2D eigenvalue weighted by atomic mass is 9.84. The number of phenols is 1. The van der Waals surface area contributed by atoms with E-state index >= 15 is 0 Å². The Morgan fingerprint density at radius 3 is 2.60 bits per heavy atom. The van der Waals surface area contributed by atoms with Crippen LogP contribution in [-0.4, -0.2) is 12.2 Å². The first-order chi connectivity index (χ1) is 6.85. The molecule has 1 aliphatic rings. The van der Waals surface area contributed by atoms with Crippen molar-refractivity contribution >= 4 is 11.4 Å². The molecular weight excluding hydrogens is 188 g/mol. The van der Waals surface area contributed by atoms with E-state index in [0.29, 0.717) is 5.69 Å². The first kappa shape index (κ1) is 9.90. The molecule has 0 atom stereocenters. The van der Waals surface area contributed by atoms with Gasteiger partial charge in [-0.05, 0) is 11.6 Å². The molecule has 3 N–H and O–H groups in total. The molecule has 0 saturated heterocycles. The third-order valence-corrected chi connectivity index (χ3v) is 3.25. The van der Waals surface area contributed by atoms with Gasteiger partial charge in [0, 0.05) is 29.9 Å². The molecule has 0 aliphatic carbocycles. The molecule has 80 valence electrons. The number of allylic oxidation sites excluding steroid dienone is 1. The van der Waals surface area contributed by atoms with E-state index in [9.17, 15) is 5.11 Å². The molecule has 0 fully saturated rings. The molecule has 0 saturated carbocycles. The topological polar surface area (TPSA) is 49.5 Å². The first-order valence-electron chi connectivity index (χ1n) is 4.91. The standard InChI is InChI=1S/C12H16N2O/c1-7-12(2,3)9-5-8(13)6-10(15)11(9)14(7)4/h5-6,15H,1,13H2,2-4H3. The minimum Gasteiger partial charge on any atom is -0.506 e. The number of benzene rings is 1. The number of nitrogens with two attached hydrogens (primary N) is 1. The predicted octanol–water partition coefficient (Wildman–Crippen LogP) is 2.22. The molecule has 0 unspecified atom stereocenters. The van der Waals surface area contributed by atoms with Crippen molar-refractivity contribution in [3.8, 4) is 5.75 Å². The summed E-state index contributed by atoms with van der Waals surface area (Å²) in [5.74, 6) is 0.222. The Labute approximate surface area is 89.8 Å². The largest absolute Gasteiger partial charge is 0.506 e. The molecule has 0 bridgehead atoms. The van der Waals surface area contributed by atoms with Crippen LogP contribution in [0.15, 0.2) is 24.4 Å². The number of nitrogen functional groups attached to an aromatic ring is 1. The van der Waals surface area contributed by atoms with E-state index in [1.54, 1.807) is 6.07 Å². The van der Waals surface area contributed by atoms with Crippen molar-refractivity contribution in [3.05, 3.63) is 30.0 Å². The van der Waals surface area contributed by atoms with Crippen LogP contribution in [0.4, 0.5) is 11.4 Å². The number of likely N-dealkylation sites (N-methyl/N-ethyl adjacent to an activating group) is 1. The number of nitrogens with zero attached hydrogens (tertiary/aromatic N) is 1. The second kappa shape index (κ2) is 2.69. The zero-order chi connectivity index (χ0) is 11.4. The summed E-state index contributed by atoms with van der Waals surface area (Å²) in [4.78, 5) is 1.92. The Hall–Kier alpha value is -1.64. The van der Waals surface area contributed by atoms with Gasteiger partial charge >= 0.3 is 0 Å². The van der Waals surface area contributed by atoms with Gasteiger partial charge in [0.25, 0.3) is 0 Å². The summed E-state index contributed by atoms with van der Waals surface area (Å²) in [6.07, 6.45) is 0. The van der Waals surface area contributed by atoms with E-state index in [1.165, 1.54) is 0 Å². The maximum Gasteiger partial charge on any atom is 0.141 e. The van der Waals surface area contributed by atoms with Crippen LogP contribution in [0.2, 0.25) is 0 Å². The van der Waals surface area contributed by atoms with Crippen LogP contribution >= 0.6 is 0 Å². The van der Waals surface area contributed by atoms with Gasteiger partial charge in [0.15, 0.2) is 0 Å². The highest BCUT2D eigenvalue weighted by Gasteiger charge is 2.39. The van der Waals surface area contributed by atoms with Gasteiger partial charge in [-0.25, -0.2) is 0 Å². The third-order valence-electron chi connectivity index (χ3n) is 3.25. The Bertz CT molecular complexity index is 449. The van der Waals surface area contributed by atoms with Crippen LogP contribution in [0.3, 0.4) is 0 Å². The fraction of sp³-hybridized carbons (Fsp3) is 0.333. The monoisotopic (exact) mass is 204 g/mol. The molecule has 1 aromatic rings. The Balaban J connectivity index is 2.77. The number of phenolic OH excluding ortho intramolecular Hbond substituents is 1. The molecule has 0 aromatic heterocycles. The number of rotatable bonds is 0. The molecule has 0 amide bonds. The maximum atomic E-state index is 9.87. The van der Waals surface area contributed by atoms with Gasteiger partial charge in [0.05, 0.1) is 5.69 Å². The molecule has 3 heteroatoms. The molecule has 1 aromatic carbocycles. The van der Waals surface area contributed by atoms with Gasteiger partial charge < -0.3 is 15.7 Å². The van der Waals surface area contributed by atoms with Gasteiger partial charge in [-0.3, -0.25) is 0 Å². The average molecular weight is 204 g/mol. The van der Waals surface area contributed by atoms with E-state index in [4.69, 9.17) is 5.73 Å². The molecule has 3 nitrogen and oxygen atoms in total. The van der Waals surface area contributed by atoms with Crippen molar-refractivity contribution < 1.29 is 5.11 Å². The molecule has 1 aliphatic heterocycles. The molecule has 1 heterocycles. The smallest absolute Gasteiger partial charge is 0.141 e. The van der Waals surface area contributed by atoms with Gasteiger partial charge in [-0.2, -0.15) is 0 Å². The van der Waals surface area contributed by atoms with Crippen LogP contribution in [0.5, 0.6) is 5.75 Å².